The number of phenols is 1. The van der Waals surface area contributed by atoms with Crippen LogP contribution in [0.15, 0.2) is 30.5 Å². The van der Waals surface area contributed by atoms with Crippen molar-refractivity contribution in [3.05, 3.63) is 52.9 Å². The Bertz CT molecular complexity index is 1000. The van der Waals surface area contributed by atoms with Gasteiger partial charge in [0, 0.05) is 24.2 Å². The number of nitrogens with one attached hydrogen (secondary N) is 1. The molecule has 0 radical (unpaired) electrons. The largest absolute Gasteiger partial charge is 0.504 e. The first kappa shape index (κ1) is 21.4. The van der Waals surface area contributed by atoms with Crippen LogP contribution in [0, 0.1) is 11.8 Å². The van der Waals surface area contributed by atoms with Crippen molar-refractivity contribution in [1.82, 2.24) is 4.98 Å². The number of aromatic nitrogens is 1. The van der Waals surface area contributed by atoms with E-state index in [2.05, 4.69) is 18.1 Å². The number of hydrogen-bond donors (Lipinski definition) is 2. The van der Waals surface area contributed by atoms with Crippen molar-refractivity contribution >= 4 is 17.6 Å². The van der Waals surface area contributed by atoms with Crippen LogP contribution >= 0.6 is 0 Å². The molecule has 31 heavy (non-hydrogen) atoms. The van der Waals surface area contributed by atoms with Crippen molar-refractivity contribution < 1.29 is 19.4 Å². The highest BCUT2D eigenvalue weighted by Crippen LogP contribution is 2.43. The molecule has 2 aliphatic carbocycles. The molecule has 2 aliphatic rings. The number of phenolic OH excluding ortho intramolecular Hbond substituents is 1. The molecule has 0 bridgehead atoms. The number of allylic oxidation sites excluding steroid dienone is 1. The van der Waals surface area contributed by atoms with Crippen LogP contribution in [0.5, 0.6) is 11.5 Å². The summed E-state index contributed by atoms with van der Waals surface area (Å²) in [7, 11) is 1.50. The second-order valence-electron chi connectivity index (χ2n) is 9.05. The lowest BCUT2D eigenvalue weighted by molar-refractivity contribution is -0.128. The minimum absolute atomic E-state index is 0.0236. The third-order valence-electron chi connectivity index (χ3n) is 6.79. The molecular formula is C26H31NO4. The van der Waals surface area contributed by atoms with Gasteiger partial charge in [0.15, 0.2) is 11.5 Å². The number of benzene rings is 1. The molecule has 5 nitrogen and oxygen atoms in total. The predicted octanol–water partition coefficient (Wildman–Crippen LogP) is 4.98. The number of ketones is 2. The van der Waals surface area contributed by atoms with E-state index in [1.807, 2.05) is 12.2 Å². The summed E-state index contributed by atoms with van der Waals surface area (Å²) in [5.74, 6) is 0.976. The predicted molar refractivity (Wildman–Crippen MR) is 120 cm³/mol. The molecule has 1 aromatic carbocycles. The van der Waals surface area contributed by atoms with Gasteiger partial charge >= 0.3 is 0 Å². The summed E-state index contributed by atoms with van der Waals surface area (Å²) >= 11 is 0. The highest BCUT2D eigenvalue weighted by atomic mass is 16.5. The molecule has 1 aromatic heterocycles. The maximum atomic E-state index is 13.2. The van der Waals surface area contributed by atoms with Crippen LogP contribution < -0.4 is 4.74 Å². The van der Waals surface area contributed by atoms with E-state index in [0.717, 1.165) is 24.1 Å². The number of ether oxygens (including phenoxy) is 1. The molecule has 4 rings (SSSR count). The summed E-state index contributed by atoms with van der Waals surface area (Å²) in [6.07, 6.45) is 11.3. The first-order valence-corrected chi connectivity index (χ1v) is 11.2. The lowest BCUT2D eigenvalue weighted by Gasteiger charge is -2.32. The SMILES string of the molecule is COc1cc(CCC(=O)CC(=O)[C@H]2C=Cc3[nH]cc4c3[C@@H]2C[C@H](C)CCC4)ccc1O. The molecule has 0 aliphatic heterocycles. The summed E-state index contributed by atoms with van der Waals surface area (Å²) in [4.78, 5) is 29.2. The monoisotopic (exact) mass is 421 g/mol. The molecule has 5 heteroatoms. The number of Topliss-reactive ketones (excluding diaryl/α,β-unsaturated/α-hetero) is 2. The van der Waals surface area contributed by atoms with Crippen LogP contribution in [0.2, 0.25) is 0 Å². The van der Waals surface area contributed by atoms with Gasteiger partial charge in [-0.2, -0.15) is 0 Å². The van der Waals surface area contributed by atoms with Crippen molar-refractivity contribution in [3.63, 3.8) is 0 Å². The van der Waals surface area contributed by atoms with Crippen molar-refractivity contribution in [3.8, 4) is 11.5 Å². The third-order valence-corrected chi connectivity index (χ3v) is 6.79. The van der Waals surface area contributed by atoms with Crippen molar-refractivity contribution in [1.29, 1.82) is 0 Å². The third kappa shape index (κ3) is 4.60. The van der Waals surface area contributed by atoms with Gasteiger partial charge in [-0.25, -0.2) is 0 Å². The van der Waals surface area contributed by atoms with E-state index in [1.165, 1.54) is 31.1 Å². The van der Waals surface area contributed by atoms with Crippen molar-refractivity contribution in [2.24, 2.45) is 11.8 Å². The summed E-state index contributed by atoms with van der Waals surface area (Å²) in [6.45, 7) is 2.27. The van der Waals surface area contributed by atoms with Gasteiger partial charge in [-0.05, 0) is 72.4 Å². The van der Waals surface area contributed by atoms with Gasteiger partial charge in [-0.1, -0.05) is 25.5 Å². The molecule has 0 amide bonds. The van der Waals surface area contributed by atoms with E-state index >= 15 is 0 Å². The van der Waals surface area contributed by atoms with Gasteiger partial charge in [0.1, 0.15) is 11.6 Å². The highest BCUT2D eigenvalue weighted by Gasteiger charge is 2.36. The second-order valence-corrected chi connectivity index (χ2v) is 9.05. The van der Waals surface area contributed by atoms with E-state index in [4.69, 9.17) is 4.74 Å². The summed E-state index contributed by atoms with van der Waals surface area (Å²) < 4.78 is 5.13. The Morgan fingerprint density at radius 3 is 2.94 bits per heavy atom. The average Bonchev–Trinajstić information content (AvgIpc) is 3.15. The molecule has 0 saturated carbocycles. The Morgan fingerprint density at radius 2 is 2.13 bits per heavy atom. The lowest BCUT2D eigenvalue weighted by atomic mass is 9.71. The molecule has 0 fully saturated rings. The molecule has 2 aromatic rings. The maximum Gasteiger partial charge on any atom is 0.160 e. The van der Waals surface area contributed by atoms with E-state index in [1.54, 1.807) is 18.2 Å². The Balaban J connectivity index is 1.42. The number of carbonyl (C=O) groups is 2. The van der Waals surface area contributed by atoms with Gasteiger partial charge in [0.2, 0.25) is 0 Å². The number of methoxy groups -OCH3 is 1. The fourth-order valence-electron chi connectivity index (χ4n) is 5.14. The molecule has 0 spiro atoms. The van der Waals surface area contributed by atoms with Crippen LogP contribution in [-0.4, -0.2) is 28.8 Å². The number of carbonyl (C=O) groups excluding carboxylic acids is 2. The number of aromatic hydroxyl groups is 1. The minimum atomic E-state index is -0.222. The minimum Gasteiger partial charge on any atom is -0.504 e. The van der Waals surface area contributed by atoms with E-state index in [9.17, 15) is 14.7 Å². The fraction of sp³-hybridized carbons (Fsp3) is 0.462. The normalized spacial score (nSPS) is 22.3. The Hall–Kier alpha value is -2.82. The Kier molecular flexibility index (Phi) is 6.30. The standard InChI is InChI=1S/C26H31NO4/c1-16-4-3-5-18-15-27-22-10-9-20(21(12-16)26(18)22)24(30)14-19(28)8-6-17-7-11-23(29)25(13-17)31-2/h7,9-11,13,15-16,20-21,27,29H,3-6,8,12,14H2,1-2H3/t16-,20+,21-/m1/s1. The van der Waals surface area contributed by atoms with Crippen LogP contribution in [0.3, 0.4) is 0 Å². The summed E-state index contributed by atoms with van der Waals surface area (Å²) in [5, 5.41) is 9.71. The van der Waals surface area contributed by atoms with Gasteiger partial charge in [-0.3, -0.25) is 9.59 Å². The number of aromatic amines is 1. The average molecular weight is 422 g/mol. The van der Waals surface area contributed by atoms with Gasteiger partial charge in [-0.15, -0.1) is 0 Å². The number of aryl methyl sites for hydroxylation is 2. The summed E-state index contributed by atoms with van der Waals surface area (Å²) in [6, 6.07) is 5.08. The van der Waals surface area contributed by atoms with Crippen LogP contribution in [0.4, 0.5) is 0 Å². The second kappa shape index (κ2) is 9.13. The van der Waals surface area contributed by atoms with Crippen molar-refractivity contribution in [2.75, 3.05) is 7.11 Å². The van der Waals surface area contributed by atoms with Crippen LogP contribution in [0.25, 0.3) is 6.08 Å². The van der Waals surface area contributed by atoms with Crippen LogP contribution in [-0.2, 0) is 22.4 Å². The van der Waals surface area contributed by atoms with E-state index in [0.29, 0.717) is 24.5 Å². The molecule has 164 valence electrons. The Morgan fingerprint density at radius 1 is 1.29 bits per heavy atom. The zero-order valence-corrected chi connectivity index (χ0v) is 18.3. The number of H-pyrrole nitrogens is 1. The molecule has 0 unspecified atom stereocenters. The van der Waals surface area contributed by atoms with Crippen molar-refractivity contribution in [2.45, 2.75) is 57.8 Å². The Labute approximate surface area is 183 Å². The zero-order valence-electron chi connectivity index (χ0n) is 18.3. The molecular weight excluding hydrogens is 390 g/mol. The number of rotatable bonds is 7. The molecule has 3 atom stereocenters. The number of hydrogen-bond acceptors (Lipinski definition) is 4. The van der Waals surface area contributed by atoms with Gasteiger partial charge in [0.25, 0.3) is 0 Å². The van der Waals surface area contributed by atoms with E-state index in [-0.39, 0.29) is 35.6 Å². The topological polar surface area (TPSA) is 79.4 Å². The zero-order chi connectivity index (χ0) is 22.0. The highest BCUT2D eigenvalue weighted by molar-refractivity contribution is 6.01. The first-order valence-electron chi connectivity index (χ1n) is 11.2. The maximum absolute atomic E-state index is 13.2. The quantitative estimate of drug-likeness (QED) is 0.618. The molecule has 1 heterocycles. The van der Waals surface area contributed by atoms with E-state index < -0.39 is 0 Å². The van der Waals surface area contributed by atoms with Crippen LogP contribution in [0.1, 0.15) is 67.3 Å². The molecule has 2 N–H and O–H groups in total. The lowest BCUT2D eigenvalue weighted by Crippen LogP contribution is -2.28. The van der Waals surface area contributed by atoms with Gasteiger partial charge < -0.3 is 14.8 Å². The summed E-state index contributed by atoms with van der Waals surface area (Å²) in [5.41, 5.74) is 4.67. The first-order chi connectivity index (χ1) is 15.0. The van der Waals surface area contributed by atoms with Gasteiger partial charge in [0.05, 0.1) is 13.5 Å². The fourth-order valence-corrected chi connectivity index (χ4v) is 5.14. The smallest absolute Gasteiger partial charge is 0.160 e. The molecule has 0 saturated heterocycles.